The van der Waals surface area contributed by atoms with Crippen LogP contribution in [0.2, 0.25) is 0 Å². The fraction of sp³-hybridized carbons (Fsp3) is 0.812. The number of rotatable bonds is 7. The van der Waals surface area contributed by atoms with E-state index in [4.69, 9.17) is 0 Å². The maximum Gasteiger partial charge on any atom is 0.186 e. The number of hydrogen-bond acceptors (Lipinski definition) is 3. The summed E-state index contributed by atoms with van der Waals surface area (Å²) in [5.41, 5.74) is 1.67. The van der Waals surface area contributed by atoms with Gasteiger partial charge < -0.3 is 0 Å². The Hall–Kier alpha value is -1.37. The van der Waals surface area contributed by atoms with E-state index in [0.29, 0.717) is 11.6 Å². The Labute approximate surface area is 122 Å². The normalized spacial score (nSPS) is 16.2. The van der Waals surface area contributed by atoms with E-state index in [-0.39, 0.29) is 0 Å². The molecule has 0 unspecified atom stereocenters. The minimum absolute atomic E-state index is 0.504. The Balaban J connectivity index is 1.97. The smallest absolute Gasteiger partial charge is 0.186 e. The van der Waals surface area contributed by atoms with Gasteiger partial charge in [0, 0.05) is 12.5 Å². The van der Waals surface area contributed by atoms with Crippen LogP contribution in [0.15, 0.2) is 0 Å². The lowest BCUT2D eigenvalue weighted by Gasteiger charge is -2.22. The summed E-state index contributed by atoms with van der Waals surface area (Å²) in [5, 5.41) is 17.5. The first-order valence-corrected chi connectivity index (χ1v) is 8.20. The zero-order chi connectivity index (χ0) is 14.2. The van der Waals surface area contributed by atoms with Gasteiger partial charge in [0.25, 0.3) is 0 Å². The van der Waals surface area contributed by atoms with E-state index in [9.17, 15) is 5.26 Å². The lowest BCUT2D eigenvalue weighted by molar-refractivity contribution is 0.407. The lowest BCUT2D eigenvalue weighted by atomic mass is 9.86. The van der Waals surface area contributed by atoms with Gasteiger partial charge in [0.1, 0.15) is 6.07 Å². The van der Waals surface area contributed by atoms with Crippen molar-refractivity contribution in [3.8, 4) is 6.07 Å². The Morgan fingerprint density at radius 1 is 1.15 bits per heavy atom. The van der Waals surface area contributed by atoms with Crippen LogP contribution in [0.3, 0.4) is 0 Å². The quantitative estimate of drug-likeness (QED) is 0.701. The third kappa shape index (κ3) is 3.82. The first kappa shape index (κ1) is 15.0. The molecule has 1 aromatic heterocycles. The maximum absolute atomic E-state index is 9.24. The van der Waals surface area contributed by atoms with Gasteiger partial charge in [-0.2, -0.15) is 5.26 Å². The molecule has 0 aliphatic heterocycles. The second kappa shape index (κ2) is 8.04. The molecule has 0 amide bonds. The van der Waals surface area contributed by atoms with Crippen molar-refractivity contribution in [1.29, 1.82) is 5.26 Å². The molecule has 1 saturated carbocycles. The van der Waals surface area contributed by atoms with Gasteiger partial charge >= 0.3 is 0 Å². The number of aryl methyl sites for hydroxylation is 1. The van der Waals surface area contributed by atoms with Crippen LogP contribution in [0.5, 0.6) is 0 Å². The summed E-state index contributed by atoms with van der Waals surface area (Å²) in [7, 11) is 0. The van der Waals surface area contributed by atoms with E-state index in [2.05, 4.69) is 23.3 Å². The highest BCUT2D eigenvalue weighted by Gasteiger charge is 2.24. The van der Waals surface area contributed by atoms with Crippen molar-refractivity contribution in [2.45, 2.75) is 83.6 Å². The summed E-state index contributed by atoms with van der Waals surface area (Å²) >= 11 is 0. The molecule has 0 N–H and O–H groups in total. The molecule has 0 spiro atoms. The zero-order valence-electron chi connectivity index (χ0n) is 12.6. The standard InChI is InChI=1S/C16H26N4/c1-2-3-4-5-9-12-20-16(15(13-17)18-19-20)14-10-7-6-8-11-14/h14H,2-12H2,1H3. The molecule has 0 bridgehead atoms. The molecule has 1 aliphatic carbocycles. The maximum atomic E-state index is 9.24. The minimum atomic E-state index is 0.504. The Morgan fingerprint density at radius 2 is 1.90 bits per heavy atom. The van der Waals surface area contributed by atoms with E-state index < -0.39 is 0 Å². The first-order valence-electron chi connectivity index (χ1n) is 8.20. The number of nitrogens with zero attached hydrogens (tertiary/aromatic N) is 4. The van der Waals surface area contributed by atoms with Crippen LogP contribution < -0.4 is 0 Å². The van der Waals surface area contributed by atoms with Gasteiger partial charge in [0.05, 0.1) is 5.69 Å². The van der Waals surface area contributed by atoms with Gasteiger partial charge in [-0.25, -0.2) is 4.68 Å². The third-order valence-corrected chi connectivity index (χ3v) is 4.34. The van der Waals surface area contributed by atoms with E-state index in [0.717, 1.165) is 18.7 Å². The van der Waals surface area contributed by atoms with Gasteiger partial charge in [-0.3, -0.25) is 0 Å². The van der Waals surface area contributed by atoms with Crippen molar-refractivity contribution in [3.05, 3.63) is 11.4 Å². The first-order chi connectivity index (χ1) is 9.86. The molecule has 2 rings (SSSR count). The fourth-order valence-electron chi connectivity index (χ4n) is 3.21. The van der Waals surface area contributed by atoms with Crippen LogP contribution in [-0.4, -0.2) is 15.0 Å². The van der Waals surface area contributed by atoms with Crippen LogP contribution in [0, 0.1) is 11.3 Å². The molecule has 4 heteroatoms. The molecule has 4 nitrogen and oxygen atoms in total. The van der Waals surface area contributed by atoms with Gasteiger partial charge in [0.15, 0.2) is 5.69 Å². The molecular weight excluding hydrogens is 248 g/mol. The average Bonchev–Trinajstić information content (AvgIpc) is 2.91. The number of hydrogen-bond donors (Lipinski definition) is 0. The minimum Gasteiger partial charge on any atom is -0.248 e. The van der Waals surface area contributed by atoms with E-state index >= 15 is 0 Å². The molecule has 1 aromatic rings. The van der Waals surface area contributed by atoms with E-state index in [1.807, 2.05) is 4.68 Å². The number of unbranched alkanes of at least 4 members (excludes halogenated alkanes) is 4. The second-order valence-electron chi connectivity index (χ2n) is 5.91. The Bertz CT molecular complexity index is 438. The summed E-state index contributed by atoms with van der Waals surface area (Å²) < 4.78 is 2.01. The summed E-state index contributed by atoms with van der Waals surface area (Å²) in [6, 6.07) is 2.23. The molecule has 1 aliphatic rings. The van der Waals surface area contributed by atoms with E-state index in [1.54, 1.807) is 0 Å². The molecule has 20 heavy (non-hydrogen) atoms. The molecule has 110 valence electrons. The van der Waals surface area contributed by atoms with Crippen molar-refractivity contribution >= 4 is 0 Å². The van der Waals surface area contributed by atoms with Gasteiger partial charge in [-0.05, 0) is 19.3 Å². The largest absolute Gasteiger partial charge is 0.248 e. The summed E-state index contributed by atoms with van der Waals surface area (Å²) in [6.45, 7) is 3.15. The number of aromatic nitrogens is 3. The molecule has 0 aromatic carbocycles. The van der Waals surface area contributed by atoms with Crippen LogP contribution in [-0.2, 0) is 6.54 Å². The second-order valence-corrected chi connectivity index (χ2v) is 5.91. The van der Waals surface area contributed by atoms with Crippen LogP contribution in [0.4, 0.5) is 0 Å². The predicted molar refractivity (Wildman–Crippen MR) is 79.3 cm³/mol. The van der Waals surface area contributed by atoms with Crippen LogP contribution in [0.25, 0.3) is 0 Å². The predicted octanol–water partition coefficient (Wildman–Crippen LogP) is 4.17. The summed E-state index contributed by atoms with van der Waals surface area (Å²) in [6.07, 6.45) is 12.6. The Kier molecular flexibility index (Phi) is 6.04. The molecule has 1 fully saturated rings. The van der Waals surface area contributed by atoms with Gasteiger partial charge in [-0.15, -0.1) is 5.10 Å². The lowest BCUT2D eigenvalue weighted by Crippen LogP contribution is -2.13. The summed E-state index contributed by atoms with van der Waals surface area (Å²) in [4.78, 5) is 0. The molecular formula is C16H26N4. The highest BCUT2D eigenvalue weighted by molar-refractivity contribution is 5.28. The third-order valence-electron chi connectivity index (χ3n) is 4.34. The van der Waals surface area contributed by atoms with E-state index in [1.165, 1.54) is 57.8 Å². The molecule has 1 heterocycles. The molecule has 0 radical (unpaired) electrons. The monoisotopic (exact) mass is 274 g/mol. The van der Waals surface area contributed by atoms with Crippen molar-refractivity contribution in [3.63, 3.8) is 0 Å². The SMILES string of the molecule is CCCCCCCn1nnc(C#N)c1C1CCCCC1. The van der Waals surface area contributed by atoms with Crippen molar-refractivity contribution in [2.75, 3.05) is 0 Å². The van der Waals surface area contributed by atoms with Crippen LogP contribution in [0.1, 0.15) is 88.4 Å². The summed E-state index contributed by atoms with van der Waals surface area (Å²) in [5.74, 6) is 0.504. The highest BCUT2D eigenvalue weighted by Crippen LogP contribution is 2.33. The zero-order valence-corrected chi connectivity index (χ0v) is 12.6. The highest BCUT2D eigenvalue weighted by atomic mass is 15.4. The van der Waals surface area contributed by atoms with Crippen molar-refractivity contribution in [2.24, 2.45) is 0 Å². The van der Waals surface area contributed by atoms with Crippen molar-refractivity contribution < 1.29 is 0 Å². The van der Waals surface area contributed by atoms with Gasteiger partial charge in [0.2, 0.25) is 0 Å². The topological polar surface area (TPSA) is 54.5 Å². The molecule has 0 saturated heterocycles. The molecule has 0 atom stereocenters. The average molecular weight is 274 g/mol. The van der Waals surface area contributed by atoms with Crippen molar-refractivity contribution in [1.82, 2.24) is 15.0 Å². The van der Waals surface area contributed by atoms with Crippen LogP contribution >= 0.6 is 0 Å². The Morgan fingerprint density at radius 3 is 2.60 bits per heavy atom. The fourth-order valence-corrected chi connectivity index (χ4v) is 3.21. The van der Waals surface area contributed by atoms with Gasteiger partial charge in [-0.1, -0.05) is 57.1 Å². The number of nitriles is 1.